The van der Waals surface area contributed by atoms with E-state index in [1.165, 1.54) is 5.56 Å². The highest BCUT2D eigenvalue weighted by Gasteiger charge is 2.26. The number of aromatic hydroxyl groups is 1. The van der Waals surface area contributed by atoms with Crippen molar-refractivity contribution in [2.45, 2.75) is 118 Å². The van der Waals surface area contributed by atoms with E-state index in [1.54, 1.807) is 12.1 Å². The van der Waals surface area contributed by atoms with E-state index >= 15 is 0 Å². The van der Waals surface area contributed by atoms with Gasteiger partial charge in [-0.3, -0.25) is 9.55 Å². The van der Waals surface area contributed by atoms with Gasteiger partial charge in [-0.1, -0.05) is 162 Å². The molecule has 8 rings (SSSR count). The van der Waals surface area contributed by atoms with Crippen LogP contribution in [0, 0.1) is 13.8 Å². The Bertz CT molecular complexity index is 3730. The molecule has 6 aromatic carbocycles. The predicted octanol–water partition coefficient (Wildman–Crippen LogP) is 16.3. The van der Waals surface area contributed by atoms with Crippen LogP contribution >= 0.6 is 0 Å². The van der Waals surface area contributed by atoms with Crippen LogP contribution in [0.1, 0.15) is 138 Å². The first-order valence-corrected chi connectivity index (χ1v) is 21.5. The summed E-state index contributed by atoms with van der Waals surface area (Å²) in [4.78, 5) is 9.86. The van der Waals surface area contributed by atoms with E-state index in [9.17, 15) is 9.22 Å². The highest BCUT2D eigenvalue weighted by Crippen LogP contribution is 2.44. The van der Waals surface area contributed by atoms with E-state index in [4.69, 9.17) is 22.8 Å². The monoisotopic (exact) mass is 860 g/mol. The zero-order chi connectivity index (χ0) is 59.7. The molecular weight excluding hydrogens is 779 g/mol. The van der Waals surface area contributed by atoms with Crippen LogP contribution in [0.2, 0.25) is 0 Å². The number of fused-ring (bicyclic) bond motifs is 1. The number of rotatable bonds is 6. The van der Waals surface area contributed by atoms with Crippen molar-refractivity contribution in [1.82, 2.24) is 14.5 Å². The van der Waals surface area contributed by atoms with Crippen LogP contribution in [0.25, 0.3) is 72.7 Å². The van der Waals surface area contributed by atoms with Gasteiger partial charge < -0.3 is 5.11 Å². The molecule has 0 fully saturated rings. The van der Waals surface area contributed by atoms with Crippen LogP contribution in [0.4, 0.5) is 0 Å². The van der Waals surface area contributed by atoms with E-state index in [1.807, 2.05) is 71.0 Å². The number of aryl methyl sites for hydroxylation is 2. The Morgan fingerprint density at radius 1 is 0.547 bits per heavy atom. The van der Waals surface area contributed by atoms with Gasteiger partial charge in [-0.25, -0.2) is 4.98 Å². The molecule has 0 unspecified atom stereocenters. The second-order valence-corrected chi connectivity index (χ2v) is 20.0. The lowest BCUT2D eigenvalue weighted by atomic mass is 9.83. The van der Waals surface area contributed by atoms with E-state index in [0.29, 0.717) is 39.1 Å². The summed E-state index contributed by atoms with van der Waals surface area (Å²) in [7, 11) is 0. The summed E-state index contributed by atoms with van der Waals surface area (Å²) in [5.74, 6) is 0.522. The second-order valence-electron chi connectivity index (χ2n) is 20.0. The van der Waals surface area contributed by atoms with Gasteiger partial charge in [0.05, 0.1) is 37.6 Å². The zero-order valence-corrected chi connectivity index (χ0v) is 38.4. The molecule has 1 N–H and O–H groups in total. The lowest BCUT2D eigenvalue weighted by Crippen LogP contribution is -2.12. The van der Waals surface area contributed by atoms with Gasteiger partial charge >= 0.3 is 0 Å². The highest BCUT2D eigenvalue weighted by atomic mass is 16.3. The number of imidazole rings is 1. The number of phenols is 1. The normalized spacial score (nSPS) is 16.8. The van der Waals surface area contributed by atoms with Crippen molar-refractivity contribution in [3.05, 3.63) is 167 Å². The summed E-state index contributed by atoms with van der Waals surface area (Å²) in [5, 5.41) is 12.0. The van der Waals surface area contributed by atoms with Crippen molar-refractivity contribution in [2.75, 3.05) is 0 Å². The molecule has 0 saturated carbocycles. The minimum absolute atomic E-state index is 0.0598. The van der Waals surface area contributed by atoms with Gasteiger partial charge in [0.2, 0.25) is 0 Å². The minimum atomic E-state index is -3.92. The first-order valence-electron chi connectivity index (χ1n) is 29.5. The molecule has 0 atom stereocenters. The van der Waals surface area contributed by atoms with Gasteiger partial charge in [0.1, 0.15) is 11.6 Å². The molecular formula is C60H65N3O. The number of phenolic OH excluding ortho intramolecular Hbond substituents is 1. The molecule has 64 heavy (non-hydrogen) atoms. The van der Waals surface area contributed by atoms with Gasteiger partial charge in [-0.05, 0) is 140 Å². The number of benzene rings is 6. The molecule has 0 radical (unpaired) electrons. The lowest BCUT2D eigenvalue weighted by Gasteiger charge is -2.24. The number of nitrogens with zero attached hydrogens (tertiary/aromatic N) is 3. The van der Waals surface area contributed by atoms with E-state index in [0.717, 1.165) is 33.5 Å². The summed E-state index contributed by atoms with van der Waals surface area (Å²) in [6.45, 7) is 11.0. The molecule has 4 nitrogen and oxygen atoms in total. The molecule has 2 heterocycles. The SMILES string of the molecule is [2H]c1nc(-c2cc(-c3cccc4c3nc(-c3cc(C)cc(C)c3O)n4-c3ccc(C(C)(C)C)cc3-c3ccc(C(C)(C)C)cc3)cc(C(C)(C)C)c2)c([2H])c(-c2c([2H])c([2H])c(C(C([2H])([2H])[2H])(C([2H])([2H])[2H])C([2H])([2H])[2H])c([2H])c2[2H])c1[2H]. The van der Waals surface area contributed by atoms with Crippen LogP contribution in [-0.2, 0) is 21.7 Å². The van der Waals surface area contributed by atoms with Crippen LogP contribution in [-0.4, -0.2) is 19.6 Å². The molecule has 0 aliphatic heterocycles. The molecule has 0 aliphatic rings. The maximum absolute atomic E-state index is 12.0. The van der Waals surface area contributed by atoms with E-state index < -0.39 is 90.5 Å². The number of hydrogen-bond acceptors (Lipinski definition) is 3. The molecule has 8 aromatic rings. The third kappa shape index (κ3) is 8.68. The molecule has 0 spiro atoms. The van der Waals surface area contributed by atoms with Crippen molar-refractivity contribution in [3.63, 3.8) is 0 Å². The zero-order valence-electron chi connectivity index (χ0n) is 54.4. The second kappa shape index (κ2) is 16.1. The number of hydrogen-bond donors (Lipinski definition) is 1. The van der Waals surface area contributed by atoms with Crippen molar-refractivity contribution in [3.8, 4) is 67.5 Å². The van der Waals surface area contributed by atoms with Crippen LogP contribution in [0.15, 0.2) is 133 Å². The van der Waals surface area contributed by atoms with Crippen molar-refractivity contribution in [1.29, 1.82) is 0 Å². The number of para-hydroxylation sites is 1. The Balaban J connectivity index is 1.43. The third-order valence-corrected chi connectivity index (χ3v) is 11.8. The Morgan fingerprint density at radius 2 is 1.20 bits per heavy atom. The van der Waals surface area contributed by atoms with Gasteiger partial charge in [-0.2, -0.15) is 0 Å². The number of pyridine rings is 1. The van der Waals surface area contributed by atoms with Crippen molar-refractivity contribution in [2.24, 2.45) is 0 Å². The van der Waals surface area contributed by atoms with Gasteiger partial charge in [0, 0.05) is 35.2 Å². The molecule has 326 valence electrons. The average molecular weight is 860 g/mol. The molecule has 0 saturated heterocycles. The average Bonchev–Trinajstić information content (AvgIpc) is 2.54. The Kier molecular flexibility index (Phi) is 7.16. The first kappa shape index (κ1) is 28.5. The molecule has 0 bridgehead atoms. The van der Waals surface area contributed by atoms with Crippen LogP contribution < -0.4 is 0 Å². The van der Waals surface area contributed by atoms with Crippen LogP contribution in [0.3, 0.4) is 0 Å². The lowest BCUT2D eigenvalue weighted by molar-refractivity contribution is 0.472. The van der Waals surface area contributed by atoms with E-state index in [-0.39, 0.29) is 27.8 Å². The summed E-state index contributed by atoms with van der Waals surface area (Å²) < 4.78 is 141. The van der Waals surface area contributed by atoms with Gasteiger partial charge in [-0.15, -0.1) is 0 Å². The fraction of sp³-hybridized carbons (Fsp3) is 0.300. The first-order chi connectivity index (χ1) is 36.6. The summed E-state index contributed by atoms with van der Waals surface area (Å²) >= 11 is 0. The topological polar surface area (TPSA) is 50.9 Å². The van der Waals surface area contributed by atoms with Gasteiger partial charge in [0.25, 0.3) is 0 Å². The third-order valence-electron chi connectivity index (χ3n) is 11.8. The largest absolute Gasteiger partial charge is 0.507 e. The van der Waals surface area contributed by atoms with E-state index in [2.05, 4.69) is 93.6 Å². The maximum atomic E-state index is 12.0. The highest BCUT2D eigenvalue weighted by molar-refractivity contribution is 5.98. The standard InChI is InChI=1S/C60H65N3O/c1-37-30-38(2)55(64)50(31-37)56-62-54-48(16-15-17-53(54)63(56)52-27-26-46(59(9,10)11)36-49(52)40-20-24-45(25-21-40)58(6,7)8)42-32-43(34-47(33-42)60(12,13)14)51-35-41(28-29-61-51)39-18-22-44(23-19-39)57(3,4)5/h15-36,64H,1-14H3/i3D3,4D3,5D3,18D,19D,22D,23D,28D,29D,35D. The molecule has 0 amide bonds. The maximum Gasteiger partial charge on any atom is 0.149 e. The molecule has 0 aliphatic carbocycles. The van der Waals surface area contributed by atoms with Crippen LogP contribution in [0.5, 0.6) is 5.75 Å². The molecule has 4 heteroatoms. The fourth-order valence-electron chi connectivity index (χ4n) is 8.02. The molecule has 2 aromatic heterocycles. The Hall–Kier alpha value is -6.26. The minimum Gasteiger partial charge on any atom is -0.507 e. The summed E-state index contributed by atoms with van der Waals surface area (Å²) in [6, 6.07) is 23.8. The Morgan fingerprint density at radius 3 is 1.86 bits per heavy atom. The van der Waals surface area contributed by atoms with Crippen molar-refractivity contribution < 1.29 is 27.0 Å². The fourth-order valence-corrected chi connectivity index (χ4v) is 8.02. The summed E-state index contributed by atoms with van der Waals surface area (Å²) in [5.41, 5.74) is 2.77. The van der Waals surface area contributed by atoms with Gasteiger partial charge in [0.15, 0.2) is 0 Å². The summed E-state index contributed by atoms with van der Waals surface area (Å²) in [6.07, 6.45) is -0.725. The smallest absolute Gasteiger partial charge is 0.149 e. The predicted molar refractivity (Wildman–Crippen MR) is 272 cm³/mol. The Labute approximate surface area is 404 Å². The van der Waals surface area contributed by atoms with Crippen molar-refractivity contribution >= 4 is 11.0 Å². The number of aromatic nitrogens is 3. The quantitative estimate of drug-likeness (QED) is 0.181.